The average Bonchev–Trinajstić information content (AvgIpc) is 2.72. The highest BCUT2D eigenvalue weighted by Gasteiger charge is 2.50. The van der Waals surface area contributed by atoms with Gasteiger partial charge in [-0.1, -0.05) is 18.2 Å². The number of fused-ring (bicyclic) bond motifs is 1. The van der Waals surface area contributed by atoms with E-state index in [9.17, 15) is 9.90 Å². The Morgan fingerprint density at radius 1 is 1.44 bits per heavy atom. The van der Waals surface area contributed by atoms with Crippen LogP contribution in [0.3, 0.4) is 0 Å². The molecule has 0 spiro atoms. The number of thiophene rings is 1. The zero-order chi connectivity index (χ0) is 12.8. The Kier molecular flexibility index (Phi) is 2.62. The largest absolute Gasteiger partial charge is 0.480 e. The van der Waals surface area contributed by atoms with Crippen molar-refractivity contribution in [3.05, 3.63) is 35.2 Å². The van der Waals surface area contributed by atoms with Gasteiger partial charge in [0.05, 0.1) is 18.6 Å². The molecule has 1 aromatic heterocycles. The molecule has 1 aliphatic heterocycles. The summed E-state index contributed by atoms with van der Waals surface area (Å²) >= 11 is 1.62. The maximum atomic E-state index is 11.2. The molecule has 0 saturated carbocycles. The number of carboxylic acid groups (broad SMARTS) is 1. The number of rotatable bonds is 3. The van der Waals surface area contributed by atoms with E-state index in [1.807, 2.05) is 29.6 Å². The third kappa shape index (κ3) is 1.48. The van der Waals surface area contributed by atoms with Crippen LogP contribution in [-0.4, -0.2) is 30.3 Å². The number of aliphatic carboxylic acids is 1. The highest BCUT2D eigenvalue weighted by atomic mass is 32.1. The second-order valence-electron chi connectivity index (χ2n) is 4.61. The lowest BCUT2D eigenvalue weighted by Crippen LogP contribution is -2.61. The van der Waals surface area contributed by atoms with E-state index in [-0.39, 0.29) is 0 Å². The molecule has 2 heterocycles. The topological polar surface area (TPSA) is 72.6 Å². The van der Waals surface area contributed by atoms with Gasteiger partial charge in [-0.3, -0.25) is 4.79 Å². The molecule has 94 valence electrons. The van der Waals surface area contributed by atoms with E-state index < -0.39 is 17.4 Å². The Morgan fingerprint density at radius 3 is 2.78 bits per heavy atom. The maximum absolute atomic E-state index is 11.2. The number of nitrogens with two attached hydrogens (primary N) is 1. The third-order valence-electron chi connectivity index (χ3n) is 3.60. The Bertz CT molecular complexity index is 603. The standard InChI is InChI=1S/C13H13NO3S/c14-11(12(15)16)13(6-17-7-13)9-5-18-10-4-2-1-3-8(9)10/h1-5,11H,6-7,14H2,(H,15,16). The normalized spacial score (nSPS) is 19.4. The number of ether oxygens (including phenoxy) is 1. The van der Waals surface area contributed by atoms with Crippen LogP contribution in [0.2, 0.25) is 0 Å². The Labute approximate surface area is 108 Å². The molecule has 3 rings (SSSR count). The first-order valence-electron chi connectivity index (χ1n) is 5.68. The molecule has 18 heavy (non-hydrogen) atoms. The Morgan fingerprint density at radius 2 is 2.17 bits per heavy atom. The zero-order valence-electron chi connectivity index (χ0n) is 9.63. The lowest BCUT2D eigenvalue weighted by Gasteiger charge is -2.44. The van der Waals surface area contributed by atoms with Crippen molar-refractivity contribution in [2.75, 3.05) is 13.2 Å². The molecule has 1 unspecified atom stereocenters. The second kappa shape index (κ2) is 4.05. The fourth-order valence-corrected chi connectivity index (χ4v) is 3.49. The summed E-state index contributed by atoms with van der Waals surface area (Å²) in [5.41, 5.74) is 6.29. The molecule has 1 fully saturated rings. The Balaban J connectivity index is 2.14. The summed E-state index contributed by atoms with van der Waals surface area (Å²) in [6.45, 7) is 0.752. The monoisotopic (exact) mass is 263 g/mol. The minimum Gasteiger partial charge on any atom is -0.480 e. The van der Waals surface area contributed by atoms with Crippen LogP contribution in [0.1, 0.15) is 5.56 Å². The van der Waals surface area contributed by atoms with Crippen molar-refractivity contribution in [3.63, 3.8) is 0 Å². The van der Waals surface area contributed by atoms with E-state index in [1.54, 1.807) is 11.3 Å². The van der Waals surface area contributed by atoms with Gasteiger partial charge in [0.15, 0.2) is 0 Å². The van der Waals surface area contributed by atoms with E-state index in [4.69, 9.17) is 10.5 Å². The molecule has 3 N–H and O–H groups in total. The molecule has 2 aromatic rings. The van der Waals surface area contributed by atoms with E-state index in [1.165, 1.54) is 0 Å². The van der Waals surface area contributed by atoms with E-state index in [2.05, 4.69) is 0 Å². The summed E-state index contributed by atoms with van der Waals surface area (Å²) in [6, 6.07) is 7.05. The van der Waals surface area contributed by atoms with Gasteiger partial charge < -0.3 is 15.6 Å². The van der Waals surface area contributed by atoms with Gasteiger partial charge in [-0.15, -0.1) is 11.3 Å². The van der Waals surface area contributed by atoms with Crippen LogP contribution in [0.5, 0.6) is 0 Å². The fraction of sp³-hybridized carbons (Fsp3) is 0.308. The molecule has 0 aliphatic carbocycles. The van der Waals surface area contributed by atoms with Crippen molar-refractivity contribution in [2.24, 2.45) is 5.73 Å². The fourth-order valence-electron chi connectivity index (χ4n) is 2.42. The van der Waals surface area contributed by atoms with Crippen LogP contribution in [0.25, 0.3) is 10.1 Å². The van der Waals surface area contributed by atoms with Crippen LogP contribution in [-0.2, 0) is 14.9 Å². The Hall–Kier alpha value is -1.43. The summed E-state index contributed by atoms with van der Waals surface area (Å²) in [4.78, 5) is 11.2. The predicted octanol–water partition coefficient (Wildman–Crippen LogP) is 1.58. The lowest BCUT2D eigenvalue weighted by molar-refractivity contribution is -0.148. The van der Waals surface area contributed by atoms with Crippen molar-refractivity contribution in [1.82, 2.24) is 0 Å². The van der Waals surface area contributed by atoms with Gasteiger partial charge in [0.25, 0.3) is 0 Å². The van der Waals surface area contributed by atoms with Crippen LogP contribution < -0.4 is 5.73 Å². The van der Waals surface area contributed by atoms with Crippen molar-refractivity contribution in [1.29, 1.82) is 0 Å². The molecule has 0 amide bonds. The minimum atomic E-state index is -0.978. The number of carbonyl (C=O) groups is 1. The summed E-state index contributed by atoms with van der Waals surface area (Å²) in [5.74, 6) is -0.978. The van der Waals surface area contributed by atoms with Gasteiger partial charge in [0, 0.05) is 4.70 Å². The van der Waals surface area contributed by atoms with E-state index in [0.29, 0.717) is 13.2 Å². The van der Waals surface area contributed by atoms with Gasteiger partial charge in [-0.25, -0.2) is 0 Å². The highest BCUT2D eigenvalue weighted by molar-refractivity contribution is 7.17. The van der Waals surface area contributed by atoms with Gasteiger partial charge in [-0.05, 0) is 22.4 Å². The zero-order valence-corrected chi connectivity index (χ0v) is 10.4. The molecule has 1 aliphatic rings. The number of carboxylic acids is 1. The number of hydrogen-bond acceptors (Lipinski definition) is 4. The van der Waals surface area contributed by atoms with E-state index >= 15 is 0 Å². The summed E-state index contributed by atoms with van der Waals surface area (Å²) in [5, 5.41) is 12.3. The molecule has 0 bridgehead atoms. The van der Waals surface area contributed by atoms with Gasteiger partial charge in [0.2, 0.25) is 0 Å². The van der Waals surface area contributed by atoms with Crippen LogP contribution in [0.4, 0.5) is 0 Å². The van der Waals surface area contributed by atoms with Gasteiger partial charge in [-0.2, -0.15) is 0 Å². The number of hydrogen-bond donors (Lipinski definition) is 2. The molecule has 5 heteroatoms. The van der Waals surface area contributed by atoms with Crippen LogP contribution in [0.15, 0.2) is 29.6 Å². The van der Waals surface area contributed by atoms with E-state index in [0.717, 1.165) is 15.6 Å². The molecular weight excluding hydrogens is 250 g/mol. The molecule has 4 nitrogen and oxygen atoms in total. The first-order valence-corrected chi connectivity index (χ1v) is 6.56. The SMILES string of the molecule is NC(C(=O)O)C1(c2csc3ccccc23)COC1. The van der Waals surface area contributed by atoms with Gasteiger partial charge >= 0.3 is 5.97 Å². The van der Waals surface area contributed by atoms with Gasteiger partial charge in [0.1, 0.15) is 6.04 Å². The predicted molar refractivity (Wildman–Crippen MR) is 69.9 cm³/mol. The molecule has 1 aromatic carbocycles. The molecular formula is C13H13NO3S. The number of benzene rings is 1. The third-order valence-corrected chi connectivity index (χ3v) is 4.56. The molecule has 1 atom stereocenters. The highest BCUT2D eigenvalue weighted by Crippen LogP contribution is 2.41. The summed E-state index contributed by atoms with van der Waals surface area (Å²) < 4.78 is 6.39. The average molecular weight is 263 g/mol. The maximum Gasteiger partial charge on any atom is 0.321 e. The van der Waals surface area contributed by atoms with Crippen LogP contribution >= 0.6 is 11.3 Å². The minimum absolute atomic E-state index is 0.376. The smallest absolute Gasteiger partial charge is 0.321 e. The summed E-state index contributed by atoms with van der Waals surface area (Å²) in [6.07, 6.45) is 0. The quantitative estimate of drug-likeness (QED) is 0.882. The van der Waals surface area contributed by atoms with Crippen molar-refractivity contribution >= 4 is 27.4 Å². The molecule has 1 saturated heterocycles. The molecule has 0 radical (unpaired) electrons. The van der Waals surface area contributed by atoms with Crippen molar-refractivity contribution in [2.45, 2.75) is 11.5 Å². The van der Waals surface area contributed by atoms with Crippen molar-refractivity contribution < 1.29 is 14.6 Å². The van der Waals surface area contributed by atoms with Crippen LogP contribution in [0, 0.1) is 0 Å². The first kappa shape index (κ1) is 11.6. The lowest BCUT2D eigenvalue weighted by atomic mass is 9.72. The second-order valence-corrected chi connectivity index (χ2v) is 5.52. The first-order chi connectivity index (χ1) is 8.65. The summed E-state index contributed by atoms with van der Waals surface area (Å²) in [7, 11) is 0. The van der Waals surface area contributed by atoms with Crippen molar-refractivity contribution in [3.8, 4) is 0 Å².